The van der Waals surface area contributed by atoms with Crippen LogP contribution in [-0.4, -0.2) is 24.7 Å². The summed E-state index contributed by atoms with van der Waals surface area (Å²) in [5.41, 5.74) is 5.75. The molecular formula is C10H14N6S. The molecule has 0 saturated heterocycles. The summed E-state index contributed by atoms with van der Waals surface area (Å²) in [5, 5.41) is 9.39. The number of aryl methyl sites for hydroxylation is 2. The quantitative estimate of drug-likeness (QED) is 0.823. The number of aromatic nitrogens is 5. The van der Waals surface area contributed by atoms with Crippen LogP contribution in [0.15, 0.2) is 22.6 Å². The van der Waals surface area contributed by atoms with Crippen molar-refractivity contribution in [2.24, 2.45) is 7.05 Å². The van der Waals surface area contributed by atoms with E-state index in [2.05, 4.69) is 27.1 Å². The van der Waals surface area contributed by atoms with Gasteiger partial charge in [0.05, 0.1) is 0 Å². The van der Waals surface area contributed by atoms with Gasteiger partial charge in [-0.25, -0.2) is 9.97 Å². The SMILES string of the molecule is CCCc1nc(N)cc(Sc2nncn2C)n1. The van der Waals surface area contributed by atoms with Crippen LogP contribution in [0.3, 0.4) is 0 Å². The molecule has 2 heterocycles. The zero-order valence-corrected chi connectivity index (χ0v) is 10.6. The molecule has 2 N–H and O–H groups in total. The number of nitrogens with two attached hydrogens (primary N) is 1. The van der Waals surface area contributed by atoms with Gasteiger partial charge in [-0.05, 0) is 18.2 Å². The van der Waals surface area contributed by atoms with E-state index in [1.165, 1.54) is 11.8 Å². The maximum absolute atomic E-state index is 5.75. The fourth-order valence-electron chi connectivity index (χ4n) is 1.34. The summed E-state index contributed by atoms with van der Waals surface area (Å²) in [7, 11) is 1.89. The second kappa shape index (κ2) is 5.13. The molecule has 0 aliphatic rings. The van der Waals surface area contributed by atoms with Gasteiger partial charge in [0.2, 0.25) is 0 Å². The Morgan fingerprint density at radius 2 is 2.24 bits per heavy atom. The third kappa shape index (κ3) is 2.94. The van der Waals surface area contributed by atoms with Gasteiger partial charge in [0.25, 0.3) is 0 Å². The molecule has 2 rings (SSSR count). The van der Waals surface area contributed by atoms with E-state index in [-0.39, 0.29) is 0 Å². The molecule has 0 unspecified atom stereocenters. The van der Waals surface area contributed by atoms with Crippen molar-refractivity contribution in [1.82, 2.24) is 24.7 Å². The van der Waals surface area contributed by atoms with Crippen LogP contribution in [0, 0.1) is 0 Å². The molecule has 0 radical (unpaired) electrons. The molecule has 0 spiro atoms. The maximum atomic E-state index is 5.75. The summed E-state index contributed by atoms with van der Waals surface area (Å²) in [6, 6.07) is 1.75. The van der Waals surface area contributed by atoms with Gasteiger partial charge in [0, 0.05) is 19.5 Å². The minimum absolute atomic E-state index is 0.494. The number of nitrogens with zero attached hydrogens (tertiary/aromatic N) is 5. The van der Waals surface area contributed by atoms with Crippen molar-refractivity contribution in [2.75, 3.05) is 5.73 Å². The summed E-state index contributed by atoms with van der Waals surface area (Å²) in [6.45, 7) is 2.09. The van der Waals surface area contributed by atoms with Crippen molar-refractivity contribution < 1.29 is 0 Å². The molecule has 90 valence electrons. The second-order valence-corrected chi connectivity index (χ2v) is 4.61. The monoisotopic (exact) mass is 250 g/mol. The molecule has 2 aromatic rings. The average molecular weight is 250 g/mol. The van der Waals surface area contributed by atoms with Crippen LogP contribution >= 0.6 is 11.8 Å². The van der Waals surface area contributed by atoms with Gasteiger partial charge in [-0.15, -0.1) is 10.2 Å². The van der Waals surface area contributed by atoms with Crippen LogP contribution in [0.1, 0.15) is 19.2 Å². The minimum atomic E-state index is 0.494. The number of hydrogen-bond acceptors (Lipinski definition) is 6. The highest BCUT2D eigenvalue weighted by molar-refractivity contribution is 7.99. The Kier molecular flexibility index (Phi) is 3.58. The summed E-state index contributed by atoms with van der Waals surface area (Å²) >= 11 is 1.43. The van der Waals surface area contributed by atoms with Crippen LogP contribution in [0.2, 0.25) is 0 Å². The van der Waals surface area contributed by atoms with Gasteiger partial charge >= 0.3 is 0 Å². The first-order valence-corrected chi connectivity index (χ1v) is 6.16. The average Bonchev–Trinajstić information content (AvgIpc) is 2.64. The predicted molar refractivity (Wildman–Crippen MR) is 65.6 cm³/mol. The van der Waals surface area contributed by atoms with E-state index in [4.69, 9.17) is 5.73 Å². The van der Waals surface area contributed by atoms with Gasteiger partial charge in [-0.3, -0.25) is 0 Å². The van der Waals surface area contributed by atoms with Crippen molar-refractivity contribution in [3.05, 3.63) is 18.2 Å². The lowest BCUT2D eigenvalue weighted by molar-refractivity contribution is 0.781. The Morgan fingerprint density at radius 3 is 2.88 bits per heavy atom. The molecule has 7 heteroatoms. The molecule has 0 bridgehead atoms. The van der Waals surface area contributed by atoms with E-state index in [0.29, 0.717) is 5.82 Å². The van der Waals surface area contributed by atoms with E-state index in [9.17, 15) is 0 Å². The number of nitrogen functional groups attached to an aromatic ring is 1. The first-order valence-electron chi connectivity index (χ1n) is 5.34. The summed E-state index contributed by atoms with van der Waals surface area (Å²) in [4.78, 5) is 8.62. The maximum Gasteiger partial charge on any atom is 0.197 e. The van der Waals surface area contributed by atoms with E-state index in [1.807, 2.05) is 11.6 Å². The van der Waals surface area contributed by atoms with Crippen molar-refractivity contribution >= 4 is 17.6 Å². The Labute approximate surface area is 104 Å². The topological polar surface area (TPSA) is 82.5 Å². The third-order valence-electron chi connectivity index (χ3n) is 2.11. The molecule has 0 amide bonds. The molecule has 0 fully saturated rings. The van der Waals surface area contributed by atoms with Crippen molar-refractivity contribution in [1.29, 1.82) is 0 Å². The van der Waals surface area contributed by atoms with Crippen molar-refractivity contribution in [2.45, 2.75) is 29.9 Å². The third-order valence-corrected chi connectivity index (χ3v) is 3.08. The molecule has 17 heavy (non-hydrogen) atoms. The molecule has 0 aliphatic heterocycles. The van der Waals surface area contributed by atoms with E-state index in [1.54, 1.807) is 12.4 Å². The molecule has 0 aliphatic carbocycles. The number of anilines is 1. The molecule has 0 atom stereocenters. The molecule has 2 aromatic heterocycles. The summed E-state index contributed by atoms with van der Waals surface area (Å²) in [5.74, 6) is 1.27. The van der Waals surface area contributed by atoms with Crippen LogP contribution < -0.4 is 5.73 Å². The highest BCUT2D eigenvalue weighted by atomic mass is 32.2. The van der Waals surface area contributed by atoms with Crippen molar-refractivity contribution in [3.8, 4) is 0 Å². The highest BCUT2D eigenvalue weighted by Gasteiger charge is 2.07. The normalized spacial score (nSPS) is 10.7. The minimum Gasteiger partial charge on any atom is -0.384 e. The zero-order valence-electron chi connectivity index (χ0n) is 9.79. The largest absolute Gasteiger partial charge is 0.384 e. The Hall–Kier alpha value is -1.63. The second-order valence-electron chi connectivity index (χ2n) is 3.62. The van der Waals surface area contributed by atoms with Crippen LogP contribution in [0.5, 0.6) is 0 Å². The van der Waals surface area contributed by atoms with Gasteiger partial charge in [0.15, 0.2) is 5.16 Å². The lowest BCUT2D eigenvalue weighted by Gasteiger charge is -2.04. The summed E-state index contributed by atoms with van der Waals surface area (Å²) in [6.07, 6.45) is 3.48. The van der Waals surface area contributed by atoms with Gasteiger partial charge in [0.1, 0.15) is 23.0 Å². The standard InChI is InChI=1S/C10H14N6S/c1-3-4-8-13-7(11)5-9(14-8)17-10-15-12-6-16(10)2/h5-6H,3-4H2,1-2H3,(H2,11,13,14). The Bertz CT molecular complexity index is 509. The van der Waals surface area contributed by atoms with Crippen LogP contribution in [-0.2, 0) is 13.5 Å². The molecule has 6 nitrogen and oxygen atoms in total. The van der Waals surface area contributed by atoms with Gasteiger partial charge in [-0.2, -0.15) is 0 Å². The Balaban J connectivity index is 2.23. The fourth-order valence-corrected chi connectivity index (χ4v) is 2.14. The first kappa shape index (κ1) is 11.8. The van der Waals surface area contributed by atoms with Crippen LogP contribution in [0.25, 0.3) is 0 Å². The van der Waals surface area contributed by atoms with E-state index >= 15 is 0 Å². The molecular weight excluding hydrogens is 236 g/mol. The Morgan fingerprint density at radius 1 is 1.41 bits per heavy atom. The van der Waals surface area contributed by atoms with Gasteiger partial charge in [-0.1, -0.05) is 6.92 Å². The van der Waals surface area contributed by atoms with Gasteiger partial charge < -0.3 is 10.3 Å². The fraction of sp³-hybridized carbons (Fsp3) is 0.400. The number of hydrogen-bond donors (Lipinski definition) is 1. The lowest BCUT2D eigenvalue weighted by atomic mass is 10.3. The van der Waals surface area contributed by atoms with Crippen LogP contribution in [0.4, 0.5) is 5.82 Å². The highest BCUT2D eigenvalue weighted by Crippen LogP contribution is 2.24. The molecule has 0 saturated carbocycles. The van der Waals surface area contributed by atoms with Crippen molar-refractivity contribution in [3.63, 3.8) is 0 Å². The smallest absolute Gasteiger partial charge is 0.197 e. The summed E-state index contributed by atoms with van der Waals surface area (Å²) < 4.78 is 1.84. The number of rotatable bonds is 4. The van der Waals surface area contributed by atoms with E-state index < -0.39 is 0 Å². The zero-order chi connectivity index (χ0) is 12.3. The first-order chi connectivity index (χ1) is 8.19. The van der Waals surface area contributed by atoms with E-state index in [0.717, 1.165) is 28.8 Å². The molecule has 0 aromatic carbocycles. The predicted octanol–water partition coefficient (Wildman–Crippen LogP) is 1.29. The lowest BCUT2D eigenvalue weighted by Crippen LogP contribution is -2.01.